The van der Waals surface area contributed by atoms with E-state index in [1.165, 1.54) is 18.7 Å². The van der Waals surface area contributed by atoms with E-state index in [-0.39, 0.29) is 6.01 Å². The van der Waals surface area contributed by atoms with Crippen molar-refractivity contribution in [2.75, 3.05) is 0 Å². The summed E-state index contributed by atoms with van der Waals surface area (Å²) in [5, 5.41) is 16.8. The zero-order valence-electron chi connectivity index (χ0n) is 8.11. The number of aromatic nitrogens is 3. The van der Waals surface area contributed by atoms with Crippen LogP contribution in [-0.4, -0.2) is 26.1 Å². The van der Waals surface area contributed by atoms with Crippen molar-refractivity contribution in [1.29, 1.82) is 0 Å². The molecule has 0 fully saturated rings. The minimum atomic E-state index is -0.882. The Balaban J connectivity index is 2.12. The number of rotatable bonds is 3. The lowest BCUT2D eigenvalue weighted by molar-refractivity contribution is -0.498. The van der Waals surface area contributed by atoms with Gasteiger partial charge in [-0.15, -0.1) is 0 Å². The van der Waals surface area contributed by atoms with Crippen LogP contribution in [0.4, 0.5) is 0 Å². The van der Waals surface area contributed by atoms with Crippen molar-refractivity contribution in [2.45, 2.75) is 6.04 Å². The number of ether oxygens (including phenoxy) is 1. The quantitative estimate of drug-likeness (QED) is 0.462. The molecule has 1 aliphatic carbocycles. The van der Waals surface area contributed by atoms with Gasteiger partial charge in [0.2, 0.25) is 0 Å². The van der Waals surface area contributed by atoms with Crippen LogP contribution in [0.1, 0.15) is 0 Å². The highest BCUT2D eigenvalue weighted by Crippen LogP contribution is 2.14. The van der Waals surface area contributed by atoms with Crippen LogP contribution in [0.5, 0.6) is 6.01 Å². The third-order valence-corrected chi connectivity index (χ3v) is 1.96. The molecule has 0 aliphatic heterocycles. The predicted octanol–water partition coefficient (Wildman–Crippen LogP) is 0.839. The number of aromatic amines is 1. The summed E-state index contributed by atoms with van der Waals surface area (Å²) < 4.78 is 5.09. The average Bonchev–Trinajstić information content (AvgIpc) is 2.79. The molecule has 0 aromatic carbocycles. The minimum absolute atomic E-state index is 0.192. The van der Waals surface area contributed by atoms with Gasteiger partial charge >= 0.3 is 6.01 Å². The molecule has 1 aliphatic rings. The molecule has 1 heterocycles. The number of allylic oxidation sites excluding steroid dienone is 2. The number of hydrogen-bond donors (Lipinski definition) is 1. The Hall–Kier alpha value is -2.44. The van der Waals surface area contributed by atoms with Gasteiger partial charge in [-0.3, -0.25) is 10.1 Å². The van der Waals surface area contributed by atoms with Crippen molar-refractivity contribution in [3.63, 3.8) is 0 Å². The largest absolute Gasteiger partial charge is 0.432 e. The molecule has 0 spiro atoms. The molecule has 0 bridgehead atoms. The van der Waals surface area contributed by atoms with Gasteiger partial charge < -0.3 is 4.74 Å². The van der Waals surface area contributed by atoms with E-state index in [4.69, 9.17) is 4.74 Å². The Morgan fingerprint density at radius 3 is 3.12 bits per heavy atom. The Labute approximate surface area is 90.3 Å². The number of nitrogens with zero attached hydrogens (tertiary/aromatic N) is 3. The highest BCUT2D eigenvalue weighted by molar-refractivity contribution is 5.33. The third kappa shape index (κ3) is 2.14. The molecule has 1 aromatic heterocycles. The van der Waals surface area contributed by atoms with Crippen LogP contribution >= 0.6 is 0 Å². The summed E-state index contributed by atoms with van der Waals surface area (Å²) in [5.74, 6) is 0. The first-order valence-corrected chi connectivity index (χ1v) is 4.48. The molecular weight excluding hydrogens is 212 g/mol. The molecule has 0 radical (unpaired) electrons. The van der Waals surface area contributed by atoms with Gasteiger partial charge in [0, 0.05) is 4.92 Å². The van der Waals surface area contributed by atoms with Gasteiger partial charge in [-0.2, -0.15) is 10.1 Å². The first kappa shape index (κ1) is 10.1. The summed E-state index contributed by atoms with van der Waals surface area (Å²) in [5.41, 5.74) is 0.448. The molecule has 1 atom stereocenters. The second-order valence-electron chi connectivity index (χ2n) is 3.00. The fourth-order valence-corrected chi connectivity index (χ4v) is 1.22. The van der Waals surface area contributed by atoms with Crippen LogP contribution < -0.4 is 4.74 Å². The van der Waals surface area contributed by atoms with Gasteiger partial charge in [0.25, 0.3) is 6.04 Å². The summed E-state index contributed by atoms with van der Waals surface area (Å²) in [6.07, 6.45) is 9.00. The van der Waals surface area contributed by atoms with Crippen molar-refractivity contribution in [1.82, 2.24) is 15.2 Å². The van der Waals surface area contributed by atoms with Gasteiger partial charge in [0.1, 0.15) is 12.6 Å². The lowest BCUT2D eigenvalue weighted by atomic mass is 10.0. The smallest absolute Gasteiger partial charge is 0.317 e. The van der Waals surface area contributed by atoms with E-state index in [1.807, 2.05) is 0 Å². The van der Waals surface area contributed by atoms with Crippen molar-refractivity contribution >= 4 is 0 Å². The van der Waals surface area contributed by atoms with E-state index in [0.29, 0.717) is 5.57 Å². The molecule has 7 nitrogen and oxygen atoms in total. The molecule has 0 amide bonds. The SMILES string of the molecule is O=[N+]([O-])C1C=CC=CC1=COc1ncn[nH]1. The average molecular weight is 220 g/mol. The predicted molar refractivity (Wildman–Crippen MR) is 54.2 cm³/mol. The van der Waals surface area contributed by atoms with Crippen molar-refractivity contribution < 1.29 is 9.66 Å². The molecular formula is C9H8N4O3. The zero-order valence-corrected chi connectivity index (χ0v) is 8.11. The lowest BCUT2D eigenvalue weighted by Crippen LogP contribution is -2.20. The van der Waals surface area contributed by atoms with Gasteiger partial charge in [0.15, 0.2) is 0 Å². The molecule has 16 heavy (non-hydrogen) atoms. The van der Waals surface area contributed by atoms with E-state index in [9.17, 15) is 10.1 Å². The third-order valence-electron chi connectivity index (χ3n) is 1.96. The van der Waals surface area contributed by atoms with Crippen LogP contribution in [0.2, 0.25) is 0 Å². The van der Waals surface area contributed by atoms with Crippen molar-refractivity contribution in [3.05, 3.63) is 52.6 Å². The van der Waals surface area contributed by atoms with Crippen LogP contribution in [0.15, 0.2) is 42.5 Å². The highest BCUT2D eigenvalue weighted by Gasteiger charge is 2.22. The van der Waals surface area contributed by atoms with Crippen LogP contribution in [0.3, 0.4) is 0 Å². The molecule has 1 aromatic rings. The number of nitrogens with one attached hydrogen (secondary N) is 1. The summed E-state index contributed by atoms with van der Waals surface area (Å²) >= 11 is 0. The van der Waals surface area contributed by atoms with Crippen LogP contribution in [0, 0.1) is 10.1 Å². The lowest BCUT2D eigenvalue weighted by Gasteiger charge is -2.08. The molecule has 7 heteroatoms. The Morgan fingerprint density at radius 2 is 2.44 bits per heavy atom. The van der Waals surface area contributed by atoms with E-state index >= 15 is 0 Å². The maximum absolute atomic E-state index is 10.7. The van der Waals surface area contributed by atoms with Gasteiger partial charge in [-0.05, 0) is 12.2 Å². The van der Waals surface area contributed by atoms with Gasteiger partial charge in [-0.1, -0.05) is 12.2 Å². The van der Waals surface area contributed by atoms with Crippen LogP contribution in [-0.2, 0) is 0 Å². The monoisotopic (exact) mass is 220 g/mol. The van der Waals surface area contributed by atoms with Crippen molar-refractivity contribution in [2.24, 2.45) is 0 Å². The molecule has 0 saturated carbocycles. The fourth-order valence-electron chi connectivity index (χ4n) is 1.22. The summed E-state index contributed by atoms with van der Waals surface area (Å²) in [6, 6.07) is -0.689. The molecule has 82 valence electrons. The van der Waals surface area contributed by atoms with E-state index in [2.05, 4.69) is 15.2 Å². The molecule has 1 N–H and O–H groups in total. The molecule has 2 rings (SSSR count). The molecule has 0 saturated heterocycles. The maximum atomic E-state index is 10.7. The summed E-state index contributed by atoms with van der Waals surface area (Å²) in [4.78, 5) is 14.0. The number of nitro groups is 1. The fraction of sp³-hybridized carbons (Fsp3) is 0.111. The normalized spacial score (nSPS) is 21.2. The first-order valence-electron chi connectivity index (χ1n) is 4.48. The van der Waals surface area contributed by atoms with Crippen molar-refractivity contribution in [3.8, 4) is 6.01 Å². The highest BCUT2D eigenvalue weighted by atomic mass is 16.6. The summed E-state index contributed by atoms with van der Waals surface area (Å²) in [7, 11) is 0. The zero-order chi connectivity index (χ0) is 11.4. The first-order chi connectivity index (χ1) is 7.77. The minimum Gasteiger partial charge on any atom is -0.432 e. The Kier molecular flexibility index (Phi) is 2.77. The summed E-state index contributed by atoms with van der Waals surface area (Å²) in [6.45, 7) is 0. The van der Waals surface area contributed by atoms with E-state index in [0.717, 1.165) is 0 Å². The molecule has 1 unspecified atom stereocenters. The second kappa shape index (κ2) is 4.39. The number of H-pyrrole nitrogens is 1. The van der Waals surface area contributed by atoms with Gasteiger partial charge in [0.05, 0.1) is 5.57 Å². The second-order valence-corrected chi connectivity index (χ2v) is 3.00. The van der Waals surface area contributed by atoms with E-state index < -0.39 is 11.0 Å². The Morgan fingerprint density at radius 1 is 1.56 bits per heavy atom. The topological polar surface area (TPSA) is 93.9 Å². The Bertz CT molecular complexity index is 461. The van der Waals surface area contributed by atoms with Gasteiger partial charge in [-0.25, -0.2) is 5.10 Å². The standard InChI is InChI=1S/C9H8N4O3/c14-13(15)8-4-2-1-3-7(8)5-16-9-10-6-11-12-9/h1-6,8H,(H,10,11,12). The van der Waals surface area contributed by atoms with Crippen LogP contribution in [0.25, 0.3) is 0 Å². The maximum Gasteiger partial charge on any atom is 0.317 e. The number of hydrogen-bond acceptors (Lipinski definition) is 5. The van der Waals surface area contributed by atoms with E-state index in [1.54, 1.807) is 18.2 Å².